The molecule has 0 spiro atoms. The van der Waals surface area contributed by atoms with Crippen molar-refractivity contribution < 1.29 is 14.3 Å². The Morgan fingerprint density at radius 2 is 1.69 bits per heavy atom. The largest absolute Gasteiger partial charge is 0.494 e. The monoisotopic (exact) mass is 485 g/mol. The van der Waals surface area contributed by atoms with Gasteiger partial charge in [-0.25, -0.2) is 0 Å². The molecule has 3 aromatic rings. The third-order valence-corrected chi connectivity index (χ3v) is 6.94. The van der Waals surface area contributed by atoms with Crippen LogP contribution in [0.25, 0.3) is 11.1 Å². The Balaban J connectivity index is 1.01. The highest BCUT2D eigenvalue weighted by Gasteiger charge is 2.33. The lowest BCUT2D eigenvalue weighted by atomic mass is 10.1. The number of rotatable bonds is 11. The highest BCUT2D eigenvalue weighted by molar-refractivity contribution is 5.78. The molecule has 6 nitrogen and oxygen atoms in total. The molecule has 5 rings (SSSR count). The number of fused-ring (bicyclic) bond motifs is 2. The number of carbonyl (C=O) groups excluding carboxylic acids is 1. The number of ether oxygens (including phenoxy) is 2. The molecule has 0 aliphatic carbocycles. The average molecular weight is 486 g/mol. The van der Waals surface area contributed by atoms with Gasteiger partial charge in [-0.15, -0.1) is 0 Å². The molecule has 2 aliphatic rings. The molecule has 1 N–H and O–H groups in total. The van der Waals surface area contributed by atoms with Crippen LogP contribution in [0, 0.1) is 0 Å². The highest BCUT2D eigenvalue weighted by atomic mass is 16.5. The molecule has 2 fully saturated rings. The van der Waals surface area contributed by atoms with Crippen molar-refractivity contribution in [3.05, 3.63) is 84.2 Å². The van der Waals surface area contributed by atoms with E-state index < -0.39 is 0 Å². The van der Waals surface area contributed by atoms with Crippen LogP contribution in [0.4, 0.5) is 0 Å². The van der Waals surface area contributed by atoms with Gasteiger partial charge in [-0.05, 0) is 61.6 Å². The van der Waals surface area contributed by atoms with Gasteiger partial charge >= 0.3 is 0 Å². The Morgan fingerprint density at radius 3 is 2.42 bits per heavy atom. The number of likely N-dealkylation sites (tertiary alicyclic amines) is 1. The molecular weight excluding hydrogens is 450 g/mol. The fourth-order valence-electron chi connectivity index (χ4n) is 4.98. The van der Waals surface area contributed by atoms with Gasteiger partial charge in [-0.2, -0.15) is 0 Å². The van der Waals surface area contributed by atoms with Gasteiger partial charge in [-0.3, -0.25) is 14.7 Å². The number of nitrogens with zero attached hydrogens (tertiary/aromatic N) is 2. The second-order valence-corrected chi connectivity index (χ2v) is 9.77. The summed E-state index contributed by atoms with van der Waals surface area (Å²) in [7, 11) is 0. The summed E-state index contributed by atoms with van der Waals surface area (Å²) >= 11 is 0. The van der Waals surface area contributed by atoms with E-state index in [1.807, 2.05) is 60.8 Å². The number of unbranched alkanes of at least 4 members (excludes halogenated alkanes) is 1. The fraction of sp³-hybridized carbons (Fsp3) is 0.400. The molecule has 2 unspecified atom stereocenters. The number of morpholine rings is 1. The lowest BCUT2D eigenvalue weighted by Crippen LogP contribution is -2.42. The van der Waals surface area contributed by atoms with Crippen LogP contribution >= 0.6 is 0 Å². The van der Waals surface area contributed by atoms with E-state index in [4.69, 9.17) is 9.47 Å². The van der Waals surface area contributed by atoms with Gasteiger partial charge in [0, 0.05) is 37.1 Å². The number of nitrogens with one attached hydrogen (secondary N) is 1. The zero-order valence-electron chi connectivity index (χ0n) is 20.8. The Labute approximate surface area is 213 Å². The molecule has 6 heteroatoms. The first-order chi connectivity index (χ1) is 17.7. The Morgan fingerprint density at radius 1 is 0.944 bits per heavy atom. The van der Waals surface area contributed by atoms with Gasteiger partial charge in [0.15, 0.2) is 0 Å². The summed E-state index contributed by atoms with van der Waals surface area (Å²) in [5.74, 6) is 0.862. The second-order valence-electron chi connectivity index (χ2n) is 9.77. The summed E-state index contributed by atoms with van der Waals surface area (Å²) < 4.78 is 11.9. The van der Waals surface area contributed by atoms with Crippen molar-refractivity contribution in [1.29, 1.82) is 0 Å². The van der Waals surface area contributed by atoms with Gasteiger partial charge < -0.3 is 14.8 Å². The van der Waals surface area contributed by atoms with Crippen molar-refractivity contribution in [3.63, 3.8) is 0 Å². The van der Waals surface area contributed by atoms with Crippen molar-refractivity contribution in [2.75, 3.05) is 26.2 Å². The second kappa shape index (κ2) is 12.2. The van der Waals surface area contributed by atoms with Gasteiger partial charge in [0.05, 0.1) is 25.2 Å². The lowest BCUT2D eigenvalue weighted by molar-refractivity contribution is -0.120. The molecule has 1 amide bonds. The van der Waals surface area contributed by atoms with Crippen molar-refractivity contribution in [2.24, 2.45) is 0 Å². The molecule has 188 valence electrons. The molecule has 3 heterocycles. The predicted molar refractivity (Wildman–Crippen MR) is 141 cm³/mol. The van der Waals surface area contributed by atoms with Crippen LogP contribution in [0.1, 0.15) is 36.9 Å². The van der Waals surface area contributed by atoms with Crippen LogP contribution in [-0.2, 0) is 22.5 Å². The minimum Gasteiger partial charge on any atom is -0.494 e. The molecule has 2 bridgehead atoms. The summed E-state index contributed by atoms with van der Waals surface area (Å²) in [6.07, 6.45) is 7.70. The molecule has 1 aromatic heterocycles. The zero-order valence-corrected chi connectivity index (χ0v) is 20.8. The van der Waals surface area contributed by atoms with Gasteiger partial charge in [-0.1, -0.05) is 48.5 Å². The van der Waals surface area contributed by atoms with Crippen LogP contribution in [0.15, 0.2) is 72.9 Å². The minimum absolute atomic E-state index is 0.0299. The predicted octanol–water partition coefficient (Wildman–Crippen LogP) is 4.63. The van der Waals surface area contributed by atoms with E-state index in [1.54, 1.807) is 0 Å². The number of pyridine rings is 1. The SMILES string of the molecule is O=C(Cc1ccc(-c2ccc(OCCCCN3CC4CCC(C3)O4)cc2)cn1)NCc1ccccc1. The van der Waals surface area contributed by atoms with E-state index in [0.29, 0.717) is 18.8 Å². The van der Waals surface area contributed by atoms with Crippen LogP contribution < -0.4 is 10.1 Å². The molecule has 2 atom stereocenters. The van der Waals surface area contributed by atoms with Crippen molar-refractivity contribution in [1.82, 2.24) is 15.2 Å². The Bertz CT molecular complexity index is 1090. The lowest BCUT2D eigenvalue weighted by Gasteiger charge is -2.31. The van der Waals surface area contributed by atoms with Crippen molar-refractivity contribution >= 4 is 5.91 Å². The summed E-state index contributed by atoms with van der Waals surface area (Å²) in [5.41, 5.74) is 3.95. The van der Waals surface area contributed by atoms with Gasteiger partial charge in [0.2, 0.25) is 5.91 Å². The van der Waals surface area contributed by atoms with E-state index in [2.05, 4.69) is 27.3 Å². The quantitative estimate of drug-likeness (QED) is 0.401. The summed E-state index contributed by atoms with van der Waals surface area (Å²) in [5, 5.41) is 2.95. The minimum atomic E-state index is -0.0299. The number of benzene rings is 2. The van der Waals surface area contributed by atoms with Crippen LogP contribution in [0.2, 0.25) is 0 Å². The van der Waals surface area contributed by atoms with E-state index in [0.717, 1.165) is 67.2 Å². The Hall–Kier alpha value is -3.22. The summed E-state index contributed by atoms with van der Waals surface area (Å²) in [6, 6.07) is 22.0. The number of carbonyl (C=O) groups is 1. The third kappa shape index (κ3) is 6.93. The molecule has 0 saturated carbocycles. The topological polar surface area (TPSA) is 63.7 Å². The zero-order chi connectivity index (χ0) is 24.6. The van der Waals surface area contributed by atoms with Crippen molar-refractivity contribution in [2.45, 2.75) is 50.9 Å². The molecule has 36 heavy (non-hydrogen) atoms. The van der Waals surface area contributed by atoms with E-state index >= 15 is 0 Å². The number of aromatic nitrogens is 1. The molecule has 2 saturated heterocycles. The maximum Gasteiger partial charge on any atom is 0.226 e. The first kappa shape index (κ1) is 24.5. The average Bonchev–Trinajstić information content (AvgIpc) is 3.26. The summed E-state index contributed by atoms with van der Waals surface area (Å²) in [6.45, 7) is 4.59. The van der Waals surface area contributed by atoms with E-state index in [1.165, 1.54) is 12.8 Å². The third-order valence-electron chi connectivity index (χ3n) is 6.94. The van der Waals surface area contributed by atoms with Crippen LogP contribution in [0.3, 0.4) is 0 Å². The number of amides is 1. The highest BCUT2D eigenvalue weighted by Crippen LogP contribution is 2.26. The number of hydrogen-bond acceptors (Lipinski definition) is 5. The van der Waals surface area contributed by atoms with Crippen molar-refractivity contribution in [3.8, 4) is 16.9 Å². The maximum atomic E-state index is 12.2. The first-order valence-electron chi connectivity index (χ1n) is 13.1. The van der Waals surface area contributed by atoms with Crippen LogP contribution in [-0.4, -0.2) is 54.2 Å². The van der Waals surface area contributed by atoms with Crippen LogP contribution in [0.5, 0.6) is 5.75 Å². The van der Waals surface area contributed by atoms with Gasteiger partial charge in [0.25, 0.3) is 0 Å². The molecule has 2 aliphatic heterocycles. The fourth-order valence-corrected chi connectivity index (χ4v) is 4.98. The Kier molecular flexibility index (Phi) is 8.26. The normalized spacial score (nSPS) is 19.2. The molecular formula is C30H35N3O3. The standard InChI is InChI=1S/C30H35N3O3/c34-30(32-19-23-6-2-1-3-7-23)18-26-11-8-25(20-31-26)24-9-12-27(13-10-24)35-17-5-4-16-33-21-28-14-15-29(22-33)36-28/h1-3,6-13,20,28-29H,4-5,14-19,21-22H2,(H,32,34). The molecule has 2 aromatic carbocycles. The van der Waals surface area contributed by atoms with E-state index in [-0.39, 0.29) is 12.3 Å². The molecule has 0 radical (unpaired) electrons. The van der Waals surface area contributed by atoms with Gasteiger partial charge in [0.1, 0.15) is 5.75 Å². The number of hydrogen-bond donors (Lipinski definition) is 1. The first-order valence-corrected chi connectivity index (χ1v) is 13.1. The summed E-state index contributed by atoms with van der Waals surface area (Å²) in [4.78, 5) is 19.3. The maximum absolute atomic E-state index is 12.2. The smallest absolute Gasteiger partial charge is 0.226 e. The van der Waals surface area contributed by atoms with E-state index in [9.17, 15) is 4.79 Å².